The largest absolute Gasteiger partial charge is 0.467 e. The molecule has 98 valence electrons. The lowest BCUT2D eigenvalue weighted by Gasteiger charge is -2.03. The first-order valence-electron chi connectivity index (χ1n) is 5.98. The zero-order chi connectivity index (χ0) is 13.2. The van der Waals surface area contributed by atoms with Crippen molar-refractivity contribution < 1.29 is 4.42 Å². The van der Waals surface area contributed by atoms with Crippen LogP contribution in [0.3, 0.4) is 0 Å². The fraction of sp³-hybridized carbons (Fsp3) is 0.231. The van der Waals surface area contributed by atoms with E-state index >= 15 is 0 Å². The maximum atomic E-state index is 6.19. The minimum atomic E-state index is 0.489. The molecule has 3 aromatic heterocycles. The first kappa shape index (κ1) is 12.4. The number of nitrogens with one attached hydrogen (secondary N) is 1. The molecular formula is C13H12ClN3OS. The number of furan rings is 1. The quantitative estimate of drug-likeness (QED) is 0.735. The van der Waals surface area contributed by atoms with Crippen molar-refractivity contribution >= 4 is 39.1 Å². The summed E-state index contributed by atoms with van der Waals surface area (Å²) in [6, 6.07) is 5.80. The molecule has 0 fully saturated rings. The van der Waals surface area contributed by atoms with Gasteiger partial charge in [-0.15, -0.1) is 11.3 Å². The molecule has 0 spiro atoms. The number of hydrogen-bond acceptors (Lipinski definition) is 5. The van der Waals surface area contributed by atoms with E-state index < -0.39 is 0 Å². The molecule has 0 unspecified atom stereocenters. The van der Waals surface area contributed by atoms with Gasteiger partial charge in [-0.2, -0.15) is 0 Å². The molecule has 3 aromatic rings. The molecule has 0 aliphatic rings. The lowest BCUT2D eigenvalue weighted by atomic mass is 10.3. The maximum Gasteiger partial charge on any atom is 0.225 e. The number of aromatic nitrogens is 2. The van der Waals surface area contributed by atoms with Crippen LogP contribution in [-0.4, -0.2) is 9.97 Å². The van der Waals surface area contributed by atoms with Crippen molar-refractivity contribution in [2.75, 3.05) is 5.32 Å². The van der Waals surface area contributed by atoms with Crippen molar-refractivity contribution in [3.05, 3.63) is 40.3 Å². The molecule has 1 N–H and O–H groups in total. The van der Waals surface area contributed by atoms with Crippen LogP contribution in [0.25, 0.3) is 10.2 Å². The fourth-order valence-electron chi connectivity index (χ4n) is 1.77. The van der Waals surface area contributed by atoms with E-state index in [0.29, 0.717) is 17.6 Å². The Morgan fingerprint density at radius 2 is 2.32 bits per heavy atom. The number of halogens is 1. The lowest BCUT2D eigenvalue weighted by Crippen LogP contribution is -2.02. The van der Waals surface area contributed by atoms with Crippen LogP contribution in [0.5, 0.6) is 0 Å². The summed E-state index contributed by atoms with van der Waals surface area (Å²) in [5, 5.41) is 4.53. The average Bonchev–Trinajstić information content (AvgIpc) is 3.05. The van der Waals surface area contributed by atoms with Gasteiger partial charge in [-0.05, 0) is 24.6 Å². The molecule has 19 heavy (non-hydrogen) atoms. The molecule has 0 bridgehead atoms. The summed E-state index contributed by atoms with van der Waals surface area (Å²) < 4.78 is 5.25. The molecule has 0 saturated carbocycles. The highest BCUT2D eigenvalue weighted by molar-refractivity contribution is 7.18. The molecule has 0 radical (unpaired) electrons. The van der Waals surface area contributed by atoms with Crippen LogP contribution >= 0.6 is 22.9 Å². The molecule has 0 amide bonds. The third-order valence-electron chi connectivity index (χ3n) is 2.75. The van der Waals surface area contributed by atoms with Gasteiger partial charge in [-0.3, -0.25) is 0 Å². The second-order valence-electron chi connectivity index (χ2n) is 4.06. The fourth-order valence-corrected chi connectivity index (χ4v) is 3.02. The number of nitrogens with zero attached hydrogens (tertiary/aromatic N) is 2. The zero-order valence-corrected chi connectivity index (χ0v) is 11.9. The van der Waals surface area contributed by atoms with Crippen LogP contribution in [0.15, 0.2) is 28.9 Å². The predicted octanol–water partition coefficient (Wildman–Crippen LogP) is 4.11. The minimum Gasteiger partial charge on any atom is -0.467 e. The van der Waals surface area contributed by atoms with E-state index in [9.17, 15) is 0 Å². The lowest BCUT2D eigenvalue weighted by molar-refractivity contribution is 0.517. The molecule has 0 aliphatic carbocycles. The Kier molecular flexibility index (Phi) is 3.40. The molecule has 3 rings (SSSR count). The number of anilines is 1. The molecule has 3 heterocycles. The highest BCUT2D eigenvalue weighted by Gasteiger charge is 2.09. The van der Waals surface area contributed by atoms with E-state index in [-0.39, 0.29) is 0 Å². The summed E-state index contributed by atoms with van der Waals surface area (Å²) in [5.74, 6) is 1.36. The number of aryl methyl sites for hydroxylation is 1. The minimum absolute atomic E-state index is 0.489. The van der Waals surface area contributed by atoms with Crippen LogP contribution in [0.1, 0.15) is 17.6 Å². The van der Waals surface area contributed by atoms with E-state index in [4.69, 9.17) is 16.0 Å². The van der Waals surface area contributed by atoms with Gasteiger partial charge >= 0.3 is 0 Å². The Hall–Kier alpha value is -1.59. The molecular weight excluding hydrogens is 282 g/mol. The zero-order valence-electron chi connectivity index (χ0n) is 10.3. The second kappa shape index (κ2) is 5.19. The van der Waals surface area contributed by atoms with Gasteiger partial charge < -0.3 is 9.73 Å². The van der Waals surface area contributed by atoms with Crippen molar-refractivity contribution in [2.45, 2.75) is 19.9 Å². The number of fused-ring (bicyclic) bond motifs is 1. The molecule has 6 heteroatoms. The Morgan fingerprint density at radius 3 is 3.05 bits per heavy atom. The van der Waals surface area contributed by atoms with E-state index in [1.54, 1.807) is 17.6 Å². The highest BCUT2D eigenvalue weighted by atomic mass is 35.5. The number of hydrogen-bond donors (Lipinski definition) is 1. The topological polar surface area (TPSA) is 51.0 Å². The van der Waals surface area contributed by atoms with E-state index in [2.05, 4.69) is 28.3 Å². The number of thiophene rings is 1. The number of rotatable bonds is 4. The third kappa shape index (κ3) is 2.57. The van der Waals surface area contributed by atoms with Gasteiger partial charge in [0.2, 0.25) is 5.95 Å². The van der Waals surface area contributed by atoms with Crippen LogP contribution in [0, 0.1) is 0 Å². The van der Waals surface area contributed by atoms with Crippen molar-refractivity contribution in [3.63, 3.8) is 0 Å². The Bertz CT molecular complexity index is 693. The highest BCUT2D eigenvalue weighted by Crippen LogP contribution is 2.30. The molecule has 0 aromatic carbocycles. The van der Waals surface area contributed by atoms with Crippen molar-refractivity contribution in [2.24, 2.45) is 0 Å². The molecule has 0 atom stereocenters. The Morgan fingerprint density at radius 1 is 1.42 bits per heavy atom. The molecule has 0 saturated heterocycles. The summed E-state index contributed by atoms with van der Waals surface area (Å²) in [7, 11) is 0. The average molecular weight is 294 g/mol. The van der Waals surface area contributed by atoms with E-state index in [1.165, 1.54) is 4.88 Å². The maximum absolute atomic E-state index is 6.19. The van der Waals surface area contributed by atoms with Gasteiger partial charge in [-0.25, -0.2) is 9.97 Å². The van der Waals surface area contributed by atoms with Crippen LogP contribution < -0.4 is 5.32 Å². The monoisotopic (exact) mass is 293 g/mol. The summed E-state index contributed by atoms with van der Waals surface area (Å²) in [4.78, 5) is 10.9. The Labute approximate surface area is 119 Å². The van der Waals surface area contributed by atoms with Gasteiger partial charge in [-0.1, -0.05) is 18.5 Å². The van der Waals surface area contributed by atoms with Gasteiger partial charge in [0.15, 0.2) is 0 Å². The summed E-state index contributed by atoms with van der Waals surface area (Å²) >= 11 is 7.84. The van der Waals surface area contributed by atoms with Gasteiger partial charge in [0, 0.05) is 10.3 Å². The molecule has 0 aliphatic heterocycles. The van der Waals surface area contributed by atoms with Crippen molar-refractivity contribution in [1.82, 2.24) is 9.97 Å². The summed E-state index contributed by atoms with van der Waals surface area (Å²) in [6.07, 6.45) is 2.62. The smallest absolute Gasteiger partial charge is 0.225 e. The van der Waals surface area contributed by atoms with Crippen molar-refractivity contribution in [1.29, 1.82) is 0 Å². The van der Waals surface area contributed by atoms with Crippen molar-refractivity contribution in [3.8, 4) is 0 Å². The van der Waals surface area contributed by atoms with Gasteiger partial charge in [0.05, 0.1) is 12.8 Å². The SMILES string of the molecule is CCc1cc2c(Cl)nc(NCc3ccco3)nc2s1. The summed E-state index contributed by atoms with van der Waals surface area (Å²) in [5.41, 5.74) is 0. The second-order valence-corrected chi connectivity index (χ2v) is 5.53. The standard InChI is InChI=1S/C13H12ClN3OS/c1-2-9-6-10-11(14)16-13(17-12(10)19-9)15-7-8-4-3-5-18-8/h3-6H,2,7H2,1H3,(H,15,16,17). The van der Waals surface area contributed by atoms with Crippen LogP contribution in [0.2, 0.25) is 5.15 Å². The Balaban J connectivity index is 1.87. The van der Waals surface area contributed by atoms with Crippen LogP contribution in [0.4, 0.5) is 5.95 Å². The first-order chi connectivity index (χ1) is 9.26. The normalized spacial score (nSPS) is 11.1. The van der Waals surface area contributed by atoms with Gasteiger partial charge in [0.25, 0.3) is 0 Å². The summed E-state index contributed by atoms with van der Waals surface area (Å²) in [6.45, 7) is 2.66. The van der Waals surface area contributed by atoms with Crippen LogP contribution in [-0.2, 0) is 13.0 Å². The van der Waals surface area contributed by atoms with E-state index in [0.717, 1.165) is 22.4 Å². The van der Waals surface area contributed by atoms with Gasteiger partial charge in [0.1, 0.15) is 15.7 Å². The molecule has 4 nitrogen and oxygen atoms in total. The predicted molar refractivity (Wildman–Crippen MR) is 77.8 cm³/mol. The van der Waals surface area contributed by atoms with E-state index in [1.807, 2.05) is 12.1 Å². The first-order valence-corrected chi connectivity index (χ1v) is 7.18. The third-order valence-corrected chi connectivity index (χ3v) is 4.21.